The number of hydrogen-bond acceptors (Lipinski definition) is 9. The number of hydrogen-bond donors (Lipinski definition) is 4. The number of carbonyl (C=O) groups excluding carboxylic acids is 1. The number of aryl methyl sites for hydroxylation is 1. The third-order valence-corrected chi connectivity index (χ3v) is 6.90. The number of phenolic OH excluding ortho intramolecular Hbond substituents is 1. The van der Waals surface area contributed by atoms with E-state index in [1.54, 1.807) is 13.0 Å². The highest BCUT2D eigenvalue weighted by atomic mass is 32.2. The number of carbonyl (C=O) groups is 1. The van der Waals surface area contributed by atoms with Gasteiger partial charge >= 0.3 is 5.97 Å². The molecule has 0 saturated heterocycles. The van der Waals surface area contributed by atoms with Gasteiger partial charge in [0.1, 0.15) is 23.0 Å². The van der Waals surface area contributed by atoms with Crippen molar-refractivity contribution >= 4 is 21.5 Å². The number of aliphatic hydroxyl groups is 1. The summed E-state index contributed by atoms with van der Waals surface area (Å²) >= 11 is 0. The van der Waals surface area contributed by atoms with Gasteiger partial charge in [0.15, 0.2) is 9.84 Å². The molecule has 0 aliphatic carbocycles. The van der Waals surface area contributed by atoms with Crippen LogP contribution in [0.1, 0.15) is 34.5 Å². The first kappa shape index (κ1) is 28.0. The molecule has 3 aromatic rings. The van der Waals surface area contributed by atoms with Crippen molar-refractivity contribution in [2.45, 2.75) is 24.8 Å². The van der Waals surface area contributed by atoms with Crippen LogP contribution in [-0.4, -0.2) is 57.2 Å². The average Bonchev–Trinajstić information content (AvgIpc) is 2.83. The molecule has 9 nitrogen and oxygen atoms in total. The standard InChI is InChI=1S/C27H32N2O7S/c1-4-35-27(32)19-7-10-21(17(2)15-19)18-5-8-20(9-6-18)36-14-13-29-16-24(31)22-11-12-23(30)26(25(22)28)37(3,33)34/h5-12,15,24,29-31H,4,13-14,16,28H2,1-3H3. The van der Waals surface area contributed by atoms with Gasteiger partial charge in [-0.05, 0) is 60.9 Å². The number of nitrogens with two attached hydrogens (primary N) is 1. The van der Waals surface area contributed by atoms with E-state index in [9.17, 15) is 23.4 Å². The van der Waals surface area contributed by atoms with Gasteiger partial charge in [-0.3, -0.25) is 0 Å². The van der Waals surface area contributed by atoms with E-state index < -0.39 is 21.7 Å². The van der Waals surface area contributed by atoms with Crippen molar-refractivity contribution < 1.29 is 32.9 Å². The number of benzene rings is 3. The third-order valence-electron chi connectivity index (χ3n) is 5.73. The first-order valence-electron chi connectivity index (χ1n) is 11.7. The first-order chi connectivity index (χ1) is 17.5. The largest absolute Gasteiger partial charge is 0.507 e. The second-order valence-electron chi connectivity index (χ2n) is 8.53. The molecule has 198 valence electrons. The summed E-state index contributed by atoms with van der Waals surface area (Å²) < 4.78 is 34.6. The normalized spacial score (nSPS) is 12.2. The van der Waals surface area contributed by atoms with Crippen molar-refractivity contribution in [1.29, 1.82) is 0 Å². The average molecular weight is 529 g/mol. The van der Waals surface area contributed by atoms with Crippen molar-refractivity contribution in [2.75, 3.05) is 38.3 Å². The fourth-order valence-electron chi connectivity index (χ4n) is 3.93. The van der Waals surface area contributed by atoms with Crippen LogP contribution in [0.2, 0.25) is 0 Å². The lowest BCUT2D eigenvalue weighted by molar-refractivity contribution is 0.0526. The molecule has 0 aliphatic heterocycles. The number of ether oxygens (including phenoxy) is 2. The molecule has 0 bridgehead atoms. The van der Waals surface area contributed by atoms with Gasteiger partial charge in [0.25, 0.3) is 0 Å². The number of phenols is 1. The molecule has 5 N–H and O–H groups in total. The molecule has 0 saturated carbocycles. The van der Waals surface area contributed by atoms with Crippen LogP contribution >= 0.6 is 0 Å². The SMILES string of the molecule is CCOC(=O)c1ccc(-c2ccc(OCCNCC(O)c3ccc(O)c(S(C)(=O)=O)c3N)cc2)c(C)c1. The van der Waals surface area contributed by atoms with Crippen molar-refractivity contribution in [3.05, 3.63) is 71.3 Å². The number of anilines is 1. The van der Waals surface area contributed by atoms with Gasteiger partial charge in [-0.2, -0.15) is 0 Å². The van der Waals surface area contributed by atoms with E-state index in [1.807, 2.05) is 43.3 Å². The Morgan fingerprint density at radius 2 is 1.81 bits per heavy atom. The van der Waals surface area contributed by atoms with E-state index in [-0.39, 0.29) is 28.7 Å². The Bertz CT molecular complexity index is 1360. The van der Waals surface area contributed by atoms with E-state index in [4.69, 9.17) is 15.2 Å². The molecule has 0 spiro atoms. The Balaban J connectivity index is 1.52. The molecule has 37 heavy (non-hydrogen) atoms. The number of aliphatic hydroxyl groups excluding tert-OH is 1. The van der Waals surface area contributed by atoms with E-state index in [0.29, 0.717) is 31.1 Å². The molecule has 0 radical (unpaired) electrons. The summed E-state index contributed by atoms with van der Waals surface area (Å²) in [4.78, 5) is 11.5. The highest BCUT2D eigenvalue weighted by molar-refractivity contribution is 7.91. The summed E-state index contributed by atoms with van der Waals surface area (Å²) in [5.41, 5.74) is 9.42. The summed E-state index contributed by atoms with van der Waals surface area (Å²) in [6, 6.07) is 15.6. The Kier molecular flexibility index (Phi) is 9.14. The topological polar surface area (TPSA) is 148 Å². The van der Waals surface area contributed by atoms with Gasteiger partial charge in [-0.25, -0.2) is 13.2 Å². The molecular weight excluding hydrogens is 496 g/mol. The van der Waals surface area contributed by atoms with Crippen molar-refractivity contribution in [2.24, 2.45) is 0 Å². The summed E-state index contributed by atoms with van der Waals surface area (Å²) in [6.07, 6.45) is -0.126. The van der Waals surface area contributed by atoms with Gasteiger partial charge < -0.3 is 30.7 Å². The van der Waals surface area contributed by atoms with Crippen molar-refractivity contribution in [3.8, 4) is 22.6 Å². The van der Waals surface area contributed by atoms with Gasteiger partial charge in [0.2, 0.25) is 0 Å². The van der Waals surface area contributed by atoms with Crippen LogP contribution in [0.25, 0.3) is 11.1 Å². The summed E-state index contributed by atoms with van der Waals surface area (Å²) in [5.74, 6) is -0.119. The number of nitrogens with one attached hydrogen (secondary N) is 1. The van der Waals surface area contributed by atoms with E-state index >= 15 is 0 Å². The minimum atomic E-state index is -3.76. The molecule has 3 rings (SSSR count). The minimum Gasteiger partial charge on any atom is -0.507 e. The molecule has 0 amide bonds. The quantitative estimate of drug-likeness (QED) is 0.167. The van der Waals surface area contributed by atoms with Crippen molar-refractivity contribution in [3.63, 3.8) is 0 Å². The van der Waals surface area contributed by atoms with Crippen LogP contribution in [-0.2, 0) is 14.6 Å². The monoisotopic (exact) mass is 528 g/mol. The second-order valence-corrected chi connectivity index (χ2v) is 10.5. The third kappa shape index (κ3) is 7.00. The molecule has 10 heteroatoms. The van der Waals surface area contributed by atoms with Gasteiger partial charge in [0, 0.05) is 24.9 Å². The molecular formula is C27H32N2O7S. The van der Waals surface area contributed by atoms with E-state index in [1.165, 1.54) is 12.1 Å². The Labute approximate surface area is 216 Å². The van der Waals surface area contributed by atoms with Gasteiger partial charge in [0.05, 0.1) is 24.0 Å². The molecule has 3 aromatic carbocycles. The molecule has 0 aromatic heterocycles. The summed E-state index contributed by atoms with van der Waals surface area (Å²) in [7, 11) is -3.76. The van der Waals surface area contributed by atoms with Crippen LogP contribution in [0.3, 0.4) is 0 Å². The number of sulfone groups is 1. The number of esters is 1. The zero-order chi connectivity index (χ0) is 27.2. The summed E-state index contributed by atoms with van der Waals surface area (Å²) in [5, 5.41) is 23.3. The predicted molar refractivity (Wildman–Crippen MR) is 142 cm³/mol. The Morgan fingerprint density at radius 1 is 1.11 bits per heavy atom. The lowest BCUT2D eigenvalue weighted by atomic mass is 9.98. The minimum absolute atomic E-state index is 0.113. The maximum absolute atomic E-state index is 11.9. The fraction of sp³-hybridized carbons (Fsp3) is 0.296. The highest BCUT2D eigenvalue weighted by Crippen LogP contribution is 2.34. The predicted octanol–water partition coefficient (Wildman–Crippen LogP) is 3.23. The summed E-state index contributed by atoms with van der Waals surface area (Å²) in [6.45, 7) is 4.91. The van der Waals surface area contributed by atoms with Gasteiger partial charge in [-0.15, -0.1) is 0 Å². The zero-order valence-corrected chi connectivity index (χ0v) is 21.8. The van der Waals surface area contributed by atoms with Crippen LogP contribution in [0.5, 0.6) is 11.5 Å². The lowest BCUT2D eigenvalue weighted by Gasteiger charge is -2.17. The van der Waals surface area contributed by atoms with E-state index in [2.05, 4.69) is 5.32 Å². The van der Waals surface area contributed by atoms with Crippen LogP contribution in [0.4, 0.5) is 5.69 Å². The van der Waals surface area contributed by atoms with Crippen LogP contribution < -0.4 is 15.8 Å². The molecule has 1 unspecified atom stereocenters. The lowest BCUT2D eigenvalue weighted by Crippen LogP contribution is -2.26. The molecule has 0 aliphatic rings. The van der Waals surface area contributed by atoms with E-state index in [0.717, 1.165) is 22.9 Å². The first-order valence-corrected chi connectivity index (χ1v) is 13.6. The fourth-order valence-corrected chi connectivity index (χ4v) is 4.90. The molecule has 0 heterocycles. The van der Waals surface area contributed by atoms with Gasteiger partial charge in [-0.1, -0.05) is 24.3 Å². The Morgan fingerprint density at radius 3 is 2.43 bits per heavy atom. The molecule has 1 atom stereocenters. The molecule has 0 fully saturated rings. The highest BCUT2D eigenvalue weighted by Gasteiger charge is 2.22. The smallest absolute Gasteiger partial charge is 0.338 e. The maximum atomic E-state index is 11.9. The Hall–Kier alpha value is -3.60. The maximum Gasteiger partial charge on any atom is 0.338 e. The van der Waals surface area contributed by atoms with Crippen molar-refractivity contribution in [1.82, 2.24) is 5.32 Å². The number of aromatic hydroxyl groups is 1. The van der Waals surface area contributed by atoms with Crippen LogP contribution in [0, 0.1) is 6.92 Å². The number of rotatable bonds is 11. The number of nitrogen functional groups attached to an aromatic ring is 1. The second kappa shape index (κ2) is 12.1. The zero-order valence-electron chi connectivity index (χ0n) is 21.0. The van der Waals surface area contributed by atoms with Crippen LogP contribution in [0.15, 0.2) is 59.5 Å².